The standard InChI is InChI=1S/C23H22F3N5O2S/c1-12(20(33)30(2)3)9-18(32)13-5-8-17-16(10-13)27-21(31(17)4)29-22-28-15-7-6-14(23(24,25)26)11-19(15)34-22/h5-8,10-12H,9H2,1-4H3,(H,27,28,29)/t12-/m0/s1. The van der Waals surface area contributed by atoms with Crippen LogP contribution in [0.5, 0.6) is 0 Å². The van der Waals surface area contributed by atoms with Crippen molar-refractivity contribution in [2.45, 2.75) is 19.5 Å². The highest BCUT2D eigenvalue weighted by Gasteiger charge is 2.30. The second kappa shape index (κ2) is 8.71. The molecule has 11 heteroatoms. The number of amides is 1. The molecule has 178 valence electrons. The van der Waals surface area contributed by atoms with Crippen LogP contribution in [0.3, 0.4) is 0 Å². The summed E-state index contributed by atoms with van der Waals surface area (Å²) < 4.78 is 41.1. The maximum Gasteiger partial charge on any atom is 0.416 e. The van der Waals surface area contributed by atoms with Gasteiger partial charge in [-0.05, 0) is 36.4 Å². The number of alkyl halides is 3. The first-order valence-corrected chi connectivity index (χ1v) is 11.2. The molecular formula is C23H22F3N5O2S. The Labute approximate surface area is 197 Å². The highest BCUT2D eigenvalue weighted by molar-refractivity contribution is 7.22. The van der Waals surface area contributed by atoms with Gasteiger partial charge in [0.05, 0.1) is 26.8 Å². The molecule has 0 radical (unpaired) electrons. The lowest BCUT2D eigenvalue weighted by atomic mass is 9.98. The number of aryl methyl sites for hydroxylation is 1. The van der Waals surface area contributed by atoms with Crippen LogP contribution in [0.4, 0.5) is 24.3 Å². The van der Waals surface area contributed by atoms with E-state index in [2.05, 4.69) is 15.3 Å². The van der Waals surface area contributed by atoms with Gasteiger partial charge in [-0.1, -0.05) is 18.3 Å². The number of fused-ring (bicyclic) bond motifs is 2. The molecular weight excluding hydrogens is 467 g/mol. The fourth-order valence-electron chi connectivity index (χ4n) is 3.66. The van der Waals surface area contributed by atoms with Gasteiger partial charge in [-0.2, -0.15) is 13.2 Å². The van der Waals surface area contributed by atoms with Crippen molar-refractivity contribution in [1.29, 1.82) is 0 Å². The lowest BCUT2D eigenvalue weighted by molar-refractivity contribution is -0.137. The molecule has 0 spiro atoms. The average molecular weight is 490 g/mol. The fraction of sp³-hybridized carbons (Fsp3) is 0.304. The van der Waals surface area contributed by atoms with Crippen LogP contribution in [-0.4, -0.2) is 45.2 Å². The minimum atomic E-state index is -4.42. The van der Waals surface area contributed by atoms with Crippen LogP contribution in [-0.2, 0) is 18.0 Å². The number of nitrogens with zero attached hydrogens (tertiary/aromatic N) is 4. The first-order chi connectivity index (χ1) is 15.9. The van der Waals surface area contributed by atoms with Gasteiger partial charge < -0.3 is 14.8 Å². The Hall–Kier alpha value is -3.47. The van der Waals surface area contributed by atoms with Crippen molar-refractivity contribution in [3.63, 3.8) is 0 Å². The number of carbonyl (C=O) groups excluding carboxylic acids is 2. The van der Waals surface area contributed by atoms with Crippen LogP contribution in [0.15, 0.2) is 36.4 Å². The third kappa shape index (κ3) is 4.60. The van der Waals surface area contributed by atoms with E-state index >= 15 is 0 Å². The van der Waals surface area contributed by atoms with Crippen LogP contribution < -0.4 is 5.32 Å². The molecule has 0 aliphatic heterocycles. The molecule has 0 saturated carbocycles. The fourth-order valence-corrected chi connectivity index (χ4v) is 4.56. The third-order valence-electron chi connectivity index (χ3n) is 5.49. The zero-order chi connectivity index (χ0) is 24.8. The van der Waals surface area contributed by atoms with E-state index in [-0.39, 0.29) is 18.1 Å². The SMILES string of the molecule is C[C@@H](CC(=O)c1ccc2c(c1)nc(Nc1nc3ccc(C(F)(F)F)cc3s1)n2C)C(=O)N(C)C. The molecule has 4 aromatic rings. The molecule has 0 bridgehead atoms. The minimum Gasteiger partial charge on any atom is -0.349 e. The number of carbonyl (C=O) groups is 2. The summed E-state index contributed by atoms with van der Waals surface area (Å²) in [6, 6.07) is 8.56. The molecule has 0 aliphatic carbocycles. The number of aromatic nitrogens is 3. The van der Waals surface area contributed by atoms with E-state index < -0.39 is 17.7 Å². The van der Waals surface area contributed by atoms with Gasteiger partial charge in [0.2, 0.25) is 11.9 Å². The van der Waals surface area contributed by atoms with Crippen LogP contribution in [0, 0.1) is 5.92 Å². The van der Waals surface area contributed by atoms with Crippen molar-refractivity contribution < 1.29 is 22.8 Å². The summed E-state index contributed by atoms with van der Waals surface area (Å²) in [5.74, 6) is -0.268. The van der Waals surface area contributed by atoms with E-state index in [9.17, 15) is 22.8 Å². The number of hydrogen-bond acceptors (Lipinski definition) is 6. The number of Topliss-reactive ketones (excluding diaryl/α,β-unsaturated/α-hetero) is 1. The Bertz CT molecular complexity index is 1410. The summed E-state index contributed by atoms with van der Waals surface area (Å²) in [5, 5.41) is 3.46. The van der Waals surface area contributed by atoms with Gasteiger partial charge in [0, 0.05) is 39.0 Å². The van der Waals surface area contributed by atoms with Crippen molar-refractivity contribution in [1.82, 2.24) is 19.4 Å². The molecule has 2 aromatic carbocycles. The van der Waals surface area contributed by atoms with Gasteiger partial charge in [0.15, 0.2) is 10.9 Å². The molecule has 7 nitrogen and oxygen atoms in total. The normalized spacial score (nSPS) is 12.8. The lowest BCUT2D eigenvalue weighted by Gasteiger charge is -2.16. The Morgan fingerprint density at radius 1 is 1.12 bits per heavy atom. The number of hydrogen-bond donors (Lipinski definition) is 1. The largest absolute Gasteiger partial charge is 0.416 e. The van der Waals surface area contributed by atoms with Crippen LogP contribution >= 0.6 is 11.3 Å². The maximum absolute atomic E-state index is 13.0. The van der Waals surface area contributed by atoms with Gasteiger partial charge in [-0.15, -0.1) is 0 Å². The smallest absolute Gasteiger partial charge is 0.349 e. The summed E-state index contributed by atoms with van der Waals surface area (Å²) in [5.41, 5.74) is 1.51. The van der Waals surface area contributed by atoms with E-state index in [1.54, 1.807) is 50.8 Å². The highest BCUT2D eigenvalue weighted by atomic mass is 32.1. The molecule has 2 aromatic heterocycles. The Kier molecular flexibility index (Phi) is 6.07. The van der Waals surface area contributed by atoms with Gasteiger partial charge in [0.25, 0.3) is 0 Å². The van der Waals surface area contributed by atoms with Crippen molar-refractivity contribution >= 4 is 55.4 Å². The molecule has 2 heterocycles. The van der Waals surface area contributed by atoms with Crippen LogP contribution in [0.25, 0.3) is 21.3 Å². The molecule has 0 saturated heterocycles. The molecule has 1 amide bonds. The summed E-state index contributed by atoms with van der Waals surface area (Å²) in [6.45, 7) is 1.72. The van der Waals surface area contributed by atoms with Gasteiger partial charge >= 0.3 is 6.18 Å². The predicted molar refractivity (Wildman–Crippen MR) is 125 cm³/mol. The molecule has 34 heavy (non-hydrogen) atoms. The van der Waals surface area contributed by atoms with Crippen molar-refractivity contribution in [3.05, 3.63) is 47.5 Å². The van der Waals surface area contributed by atoms with E-state index in [1.807, 2.05) is 0 Å². The monoisotopic (exact) mass is 489 g/mol. The van der Waals surface area contributed by atoms with Gasteiger partial charge in [-0.3, -0.25) is 9.59 Å². The Morgan fingerprint density at radius 3 is 2.53 bits per heavy atom. The van der Waals surface area contributed by atoms with Crippen molar-refractivity contribution in [2.24, 2.45) is 13.0 Å². The van der Waals surface area contributed by atoms with E-state index in [0.717, 1.165) is 29.0 Å². The van der Waals surface area contributed by atoms with Crippen LogP contribution in [0.1, 0.15) is 29.3 Å². The molecule has 0 aliphatic rings. The second-order valence-corrected chi connectivity index (χ2v) is 9.31. The van der Waals surface area contributed by atoms with E-state index in [1.165, 1.54) is 11.0 Å². The van der Waals surface area contributed by atoms with E-state index in [0.29, 0.717) is 32.4 Å². The molecule has 1 atom stereocenters. The molecule has 0 unspecified atom stereocenters. The predicted octanol–water partition coefficient (Wildman–Crippen LogP) is 5.24. The van der Waals surface area contributed by atoms with E-state index in [4.69, 9.17) is 0 Å². The highest BCUT2D eigenvalue weighted by Crippen LogP contribution is 2.35. The number of benzene rings is 2. The number of rotatable bonds is 6. The first kappa shape index (κ1) is 23.7. The zero-order valence-electron chi connectivity index (χ0n) is 18.9. The Morgan fingerprint density at radius 2 is 1.85 bits per heavy atom. The minimum absolute atomic E-state index is 0.0894. The first-order valence-electron chi connectivity index (χ1n) is 10.4. The van der Waals surface area contributed by atoms with Crippen LogP contribution in [0.2, 0.25) is 0 Å². The molecule has 1 N–H and O–H groups in total. The topological polar surface area (TPSA) is 80.1 Å². The average Bonchev–Trinajstić information content (AvgIpc) is 3.31. The number of anilines is 2. The number of nitrogens with one attached hydrogen (secondary N) is 1. The summed E-state index contributed by atoms with van der Waals surface area (Å²) >= 11 is 1.10. The summed E-state index contributed by atoms with van der Waals surface area (Å²) in [6.07, 6.45) is -4.33. The quantitative estimate of drug-likeness (QED) is 0.375. The number of imidazole rings is 1. The summed E-state index contributed by atoms with van der Waals surface area (Å²) in [4.78, 5) is 35.1. The summed E-state index contributed by atoms with van der Waals surface area (Å²) in [7, 11) is 5.09. The number of halogens is 3. The maximum atomic E-state index is 13.0. The van der Waals surface area contributed by atoms with Crippen molar-refractivity contribution in [2.75, 3.05) is 19.4 Å². The van der Waals surface area contributed by atoms with Gasteiger partial charge in [0.1, 0.15) is 0 Å². The third-order valence-corrected chi connectivity index (χ3v) is 6.42. The Balaban J connectivity index is 1.58. The lowest BCUT2D eigenvalue weighted by Crippen LogP contribution is -2.29. The van der Waals surface area contributed by atoms with Crippen molar-refractivity contribution in [3.8, 4) is 0 Å². The zero-order valence-corrected chi connectivity index (χ0v) is 19.7. The molecule has 0 fully saturated rings. The van der Waals surface area contributed by atoms with Gasteiger partial charge in [-0.25, -0.2) is 9.97 Å². The molecule has 4 rings (SSSR count). The number of thiazole rings is 1. The second-order valence-electron chi connectivity index (χ2n) is 8.28. The number of ketones is 1.